The van der Waals surface area contributed by atoms with E-state index in [4.69, 9.17) is 0 Å². The molecule has 0 aromatic carbocycles. The molecule has 0 aliphatic carbocycles. The van der Waals surface area contributed by atoms with Crippen LogP contribution in [-0.4, -0.2) is 31.0 Å². The molecule has 0 radical (unpaired) electrons. The summed E-state index contributed by atoms with van der Waals surface area (Å²) in [7, 11) is 0. The van der Waals surface area contributed by atoms with Gasteiger partial charge in [0.2, 0.25) is 11.9 Å². The number of aromatic nitrogens is 5. The van der Waals surface area contributed by atoms with Crippen molar-refractivity contribution in [2.75, 3.05) is 11.9 Å². The molecule has 3 aromatic heterocycles. The van der Waals surface area contributed by atoms with Crippen molar-refractivity contribution in [2.24, 2.45) is 0 Å². The van der Waals surface area contributed by atoms with Crippen LogP contribution in [0.1, 0.15) is 11.8 Å². The summed E-state index contributed by atoms with van der Waals surface area (Å²) >= 11 is 1.68. The Morgan fingerprint density at radius 2 is 2.20 bits per heavy atom. The summed E-state index contributed by atoms with van der Waals surface area (Å²) in [4.78, 5) is 18.6. The molecule has 1 N–H and O–H groups in total. The molecule has 0 fully saturated rings. The second-order valence-electron chi connectivity index (χ2n) is 4.23. The van der Waals surface area contributed by atoms with Crippen molar-refractivity contribution in [3.63, 3.8) is 0 Å². The van der Waals surface area contributed by atoms with Gasteiger partial charge in [0.15, 0.2) is 5.82 Å². The predicted molar refractivity (Wildman–Crippen MR) is 79.2 cm³/mol. The summed E-state index contributed by atoms with van der Waals surface area (Å²) in [6.45, 7) is 4.84. The summed E-state index contributed by atoms with van der Waals surface area (Å²) in [5, 5.41) is 5.19. The zero-order valence-electron chi connectivity index (χ0n) is 11.2. The third-order valence-electron chi connectivity index (χ3n) is 2.68. The Balaban J connectivity index is 2.09. The number of aryl methyl sites for hydroxylation is 1. The fraction of sp³-hybridized carbons (Fsp3) is 0.231. The molecule has 6 nitrogen and oxygen atoms in total. The topological polar surface area (TPSA) is 68.5 Å². The molecule has 0 spiro atoms. The third kappa shape index (κ3) is 2.53. The van der Waals surface area contributed by atoms with E-state index >= 15 is 0 Å². The zero-order chi connectivity index (χ0) is 13.9. The first-order chi connectivity index (χ1) is 9.76. The van der Waals surface area contributed by atoms with E-state index in [1.807, 2.05) is 13.1 Å². The second kappa shape index (κ2) is 5.38. The summed E-state index contributed by atoms with van der Waals surface area (Å²) < 4.78 is 1.77. The van der Waals surface area contributed by atoms with E-state index < -0.39 is 0 Å². The van der Waals surface area contributed by atoms with E-state index in [1.165, 1.54) is 4.88 Å². The predicted octanol–water partition coefficient (Wildman–Crippen LogP) is 2.53. The van der Waals surface area contributed by atoms with Gasteiger partial charge in [0.25, 0.3) is 0 Å². The van der Waals surface area contributed by atoms with Gasteiger partial charge < -0.3 is 5.32 Å². The normalized spacial score (nSPS) is 10.7. The minimum absolute atomic E-state index is 0.562. The van der Waals surface area contributed by atoms with Gasteiger partial charge in [0.1, 0.15) is 6.33 Å². The van der Waals surface area contributed by atoms with Gasteiger partial charge in [0.05, 0.1) is 0 Å². The van der Waals surface area contributed by atoms with Gasteiger partial charge in [-0.3, -0.25) is 4.57 Å². The van der Waals surface area contributed by atoms with Gasteiger partial charge in [-0.25, -0.2) is 4.98 Å². The van der Waals surface area contributed by atoms with E-state index in [1.54, 1.807) is 28.4 Å². The standard InChI is InChI=1S/C13H14N6S/c1-3-15-12-16-11(10-6-9(2)20-7-10)17-13(18-12)19-5-4-14-8-19/h4-8H,3H2,1-2H3,(H,15,16,17,18). The van der Waals surface area contributed by atoms with Crippen LogP contribution >= 0.6 is 11.3 Å². The number of rotatable bonds is 4. The highest BCUT2D eigenvalue weighted by Gasteiger charge is 2.10. The Morgan fingerprint density at radius 1 is 1.30 bits per heavy atom. The molecule has 0 saturated carbocycles. The quantitative estimate of drug-likeness (QED) is 0.798. The number of hydrogen-bond donors (Lipinski definition) is 1. The van der Waals surface area contributed by atoms with Crippen LogP contribution < -0.4 is 5.32 Å². The molecule has 0 amide bonds. The highest BCUT2D eigenvalue weighted by atomic mass is 32.1. The van der Waals surface area contributed by atoms with E-state index in [0.717, 1.165) is 12.1 Å². The number of nitrogens with zero attached hydrogens (tertiary/aromatic N) is 5. The molecular formula is C13H14N6S. The molecule has 0 unspecified atom stereocenters. The third-order valence-corrected chi connectivity index (χ3v) is 3.54. The molecule has 0 saturated heterocycles. The van der Waals surface area contributed by atoms with Crippen molar-refractivity contribution < 1.29 is 0 Å². The molecule has 102 valence electrons. The number of imidazole rings is 1. The molecule has 3 rings (SSSR count). The van der Waals surface area contributed by atoms with Crippen molar-refractivity contribution in [2.45, 2.75) is 13.8 Å². The lowest BCUT2D eigenvalue weighted by Gasteiger charge is -2.07. The van der Waals surface area contributed by atoms with Crippen molar-refractivity contribution in [3.05, 3.63) is 35.0 Å². The van der Waals surface area contributed by atoms with E-state index in [2.05, 4.69) is 43.6 Å². The Kier molecular flexibility index (Phi) is 3.42. The SMILES string of the molecule is CCNc1nc(-c2csc(C)c2)nc(-n2ccnc2)n1. The molecule has 3 aromatic rings. The van der Waals surface area contributed by atoms with E-state index in [-0.39, 0.29) is 0 Å². The molecule has 7 heteroatoms. The zero-order valence-corrected chi connectivity index (χ0v) is 12.1. The average Bonchev–Trinajstić information content (AvgIpc) is 3.09. The summed E-state index contributed by atoms with van der Waals surface area (Å²) in [5.74, 6) is 1.81. The maximum atomic E-state index is 4.51. The minimum atomic E-state index is 0.562. The summed E-state index contributed by atoms with van der Waals surface area (Å²) in [6.07, 6.45) is 5.19. The summed E-state index contributed by atoms with van der Waals surface area (Å²) in [5.41, 5.74) is 1.01. The number of anilines is 1. The van der Waals surface area contributed by atoms with Crippen LogP contribution in [0.3, 0.4) is 0 Å². The summed E-state index contributed by atoms with van der Waals surface area (Å²) in [6, 6.07) is 2.08. The molecule has 0 bridgehead atoms. The smallest absolute Gasteiger partial charge is 0.240 e. The first-order valence-corrected chi connectivity index (χ1v) is 7.18. The molecule has 0 atom stereocenters. The lowest BCUT2D eigenvalue weighted by atomic mass is 10.3. The lowest BCUT2D eigenvalue weighted by Crippen LogP contribution is -2.08. The van der Waals surface area contributed by atoms with Gasteiger partial charge in [-0.1, -0.05) is 0 Å². The first-order valence-electron chi connectivity index (χ1n) is 6.30. The van der Waals surface area contributed by atoms with Crippen molar-refractivity contribution in [3.8, 4) is 17.3 Å². The molecule has 0 aliphatic rings. The van der Waals surface area contributed by atoms with Crippen LogP contribution in [0.5, 0.6) is 0 Å². The Morgan fingerprint density at radius 3 is 2.85 bits per heavy atom. The average molecular weight is 286 g/mol. The molecule has 0 aliphatic heterocycles. The number of hydrogen-bond acceptors (Lipinski definition) is 6. The number of nitrogens with one attached hydrogen (secondary N) is 1. The Labute approximate surface area is 120 Å². The number of thiophene rings is 1. The molecular weight excluding hydrogens is 272 g/mol. The van der Waals surface area contributed by atoms with Gasteiger partial charge in [0, 0.05) is 34.8 Å². The maximum absolute atomic E-state index is 4.51. The fourth-order valence-corrected chi connectivity index (χ4v) is 2.47. The lowest BCUT2D eigenvalue weighted by molar-refractivity contribution is 0.897. The van der Waals surface area contributed by atoms with Crippen LogP contribution in [0.15, 0.2) is 30.2 Å². The van der Waals surface area contributed by atoms with Crippen molar-refractivity contribution in [1.29, 1.82) is 0 Å². The first kappa shape index (κ1) is 12.7. The van der Waals surface area contributed by atoms with Crippen LogP contribution in [-0.2, 0) is 0 Å². The Hall–Kier alpha value is -2.28. The highest BCUT2D eigenvalue weighted by molar-refractivity contribution is 7.10. The van der Waals surface area contributed by atoms with Crippen LogP contribution in [0.4, 0.5) is 5.95 Å². The maximum Gasteiger partial charge on any atom is 0.240 e. The van der Waals surface area contributed by atoms with Gasteiger partial charge in [-0.05, 0) is 19.9 Å². The van der Waals surface area contributed by atoms with Crippen molar-refractivity contribution >= 4 is 17.3 Å². The van der Waals surface area contributed by atoms with Gasteiger partial charge in [-0.2, -0.15) is 15.0 Å². The Bertz CT molecular complexity index is 703. The second-order valence-corrected chi connectivity index (χ2v) is 5.34. The monoisotopic (exact) mass is 286 g/mol. The molecule has 20 heavy (non-hydrogen) atoms. The van der Waals surface area contributed by atoms with E-state index in [9.17, 15) is 0 Å². The van der Waals surface area contributed by atoms with Crippen LogP contribution in [0, 0.1) is 6.92 Å². The van der Waals surface area contributed by atoms with Crippen LogP contribution in [0.25, 0.3) is 17.3 Å². The minimum Gasteiger partial charge on any atom is -0.354 e. The fourth-order valence-electron chi connectivity index (χ4n) is 1.78. The van der Waals surface area contributed by atoms with Crippen LogP contribution in [0.2, 0.25) is 0 Å². The van der Waals surface area contributed by atoms with E-state index in [0.29, 0.717) is 17.7 Å². The highest BCUT2D eigenvalue weighted by Crippen LogP contribution is 2.23. The van der Waals surface area contributed by atoms with Gasteiger partial charge >= 0.3 is 0 Å². The molecule has 3 heterocycles. The van der Waals surface area contributed by atoms with Crippen molar-refractivity contribution in [1.82, 2.24) is 24.5 Å². The largest absolute Gasteiger partial charge is 0.354 e. The van der Waals surface area contributed by atoms with Gasteiger partial charge in [-0.15, -0.1) is 11.3 Å².